The quantitative estimate of drug-likeness (QED) is 0.154. The van der Waals surface area contributed by atoms with E-state index in [1.165, 1.54) is 7.05 Å². The molecule has 0 aromatic rings. The number of nitrogens with one attached hydrogen (secondary N) is 1. The lowest BCUT2D eigenvalue weighted by Crippen LogP contribution is -2.53. The molecule has 3 N–H and O–H groups in total. The Kier molecular flexibility index (Phi) is 10.1. The number of amides is 2. The fourth-order valence-corrected chi connectivity index (χ4v) is 1.50. The molecule has 0 saturated heterocycles. The molecule has 8 heteroatoms. The molecule has 0 unspecified atom stereocenters. The smallest absolute Gasteiger partial charge is 0.269 e. The van der Waals surface area contributed by atoms with Crippen LogP contribution in [0.1, 0.15) is 27.2 Å². The summed E-state index contributed by atoms with van der Waals surface area (Å²) in [5.74, 6) is 5.02. The van der Waals surface area contributed by atoms with Crippen molar-refractivity contribution in [1.29, 1.82) is 0 Å². The van der Waals surface area contributed by atoms with Crippen molar-refractivity contribution >= 4 is 17.5 Å². The molecule has 0 heterocycles. The highest BCUT2D eigenvalue weighted by Gasteiger charge is 2.25. The molecule has 23 heavy (non-hydrogen) atoms. The molecule has 8 nitrogen and oxygen atoms in total. The van der Waals surface area contributed by atoms with Crippen LogP contribution < -0.4 is 11.2 Å². The summed E-state index contributed by atoms with van der Waals surface area (Å²) in [6.07, 6.45) is 3.56. The molecule has 130 valence electrons. The molecule has 2 amide bonds. The SMILES string of the molecule is C=C/C=C(\C)OC[C@H](NC(=O)/C(CC)=N/OCC)C(=O)N(C)N. The number of hydrogen-bond donors (Lipinski definition) is 2. The van der Waals surface area contributed by atoms with E-state index in [1.807, 2.05) is 0 Å². The molecule has 0 rings (SSSR count). The first kappa shape index (κ1) is 20.6. The zero-order chi connectivity index (χ0) is 17.8. The van der Waals surface area contributed by atoms with Crippen LogP contribution in [0, 0.1) is 0 Å². The van der Waals surface area contributed by atoms with Crippen molar-refractivity contribution in [1.82, 2.24) is 10.3 Å². The maximum Gasteiger partial charge on any atom is 0.269 e. The predicted molar refractivity (Wildman–Crippen MR) is 88.1 cm³/mol. The van der Waals surface area contributed by atoms with Crippen LogP contribution in [0.4, 0.5) is 0 Å². The normalized spacial score (nSPS) is 13.1. The lowest BCUT2D eigenvalue weighted by molar-refractivity contribution is -0.135. The van der Waals surface area contributed by atoms with Crippen molar-refractivity contribution < 1.29 is 19.2 Å². The second-order valence-corrected chi connectivity index (χ2v) is 4.61. The fourth-order valence-electron chi connectivity index (χ4n) is 1.50. The minimum absolute atomic E-state index is 0.0616. The van der Waals surface area contributed by atoms with Crippen molar-refractivity contribution in [2.45, 2.75) is 33.2 Å². The summed E-state index contributed by atoms with van der Waals surface area (Å²) < 4.78 is 5.41. The molecule has 0 aliphatic carbocycles. The van der Waals surface area contributed by atoms with E-state index < -0.39 is 17.9 Å². The zero-order valence-corrected chi connectivity index (χ0v) is 14.2. The minimum Gasteiger partial charge on any atom is -0.496 e. The molecule has 0 aliphatic heterocycles. The van der Waals surface area contributed by atoms with Crippen molar-refractivity contribution in [2.75, 3.05) is 20.3 Å². The molecule has 0 fully saturated rings. The molecular weight excluding hydrogens is 300 g/mol. The van der Waals surface area contributed by atoms with Gasteiger partial charge in [0, 0.05) is 7.05 Å². The monoisotopic (exact) mass is 326 g/mol. The van der Waals surface area contributed by atoms with E-state index in [0.29, 0.717) is 18.8 Å². The third-order valence-electron chi connectivity index (χ3n) is 2.68. The summed E-state index contributed by atoms with van der Waals surface area (Å²) in [5.41, 5.74) is 0.183. The topological polar surface area (TPSA) is 106 Å². The highest BCUT2D eigenvalue weighted by atomic mass is 16.6. The molecule has 0 aliphatic rings. The Morgan fingerprint density at radius 1 is 1.43 bits per heavy atom. The van der Waals surface area contributed by atoms with Crippen LogP contribution in [0.2, 0.25) is 0 Å². The summed E-state index contributed by atoms with van der Waals surface area (Å²) in [7, 11) is 1.39. The number of allylic oxidation sites excluding steroid dienone is 3. The maximum atomic E-state index is 12.2. The lowest BCUT2D eigenvalue weighted by Gasteiger charge is -2.22. The average molecular weight is 326 g/mol. The van der Waals surface area contributed by atoms with Gasteiger partial charge in [0.05, 0.1) is 5.76 Å². The van der Waals surface area contributed by atoms with E-state index in [2.05, 4.69) is 17.1 Å². The summed E-state index contributed by atoms with van der Waals surface area (Å²) in [5, 5.41) is 7.18. The van der Waals surface area contributed by atoms with Gasteiger partial charge in [-0.05, 0) is 26.3 Å². The Balaban J connectivity index is 5.00. The highest BCUT2D eigenvalue weighted by molar-refractivity contribution is 6.39. The summed E-state index contributed by atoms with van der Waals surface area (Å²) >= 11 is 0. The number of likely N-dealkylation sites (N-methyl/N-ethyl adjacent to an activating group) is 1. The number of carbonyl (C=O) groups is 2. The van der Waals surface area contributed by atoms with Gasteiger partial charge in [-0.2, -0.15) is 0 Å². The van der Waals surface area contributed by atoms with Crippen LogP contribution in [0.25, 0.3) is 0 Å². The second-order valence-electron chi connectivity index (χ2n) is 4.61. The summed E-state index contributed by atoms with van der Waals surface area (Å²) in [6.45, 7) is 9.07. The van der Waals surface area contributed by atoms with Gasteiger partial charge in [-0.3, -0.25) is 14.6 Å². The van der Waals surface area contributed by atoms with E-state index >= 15 is 0 Å². The highest BCUT2D eigenvalue weighted by Crippen LogP contribution is 2.00. The average Bonchev–Trinajstić information content (AvgIpc) is 2.51. The number of nitrogens with two attached hydrogens (primary N) is 1. The van der Waals surface area contributed by atoms with Crippen molar-refractivity contribution in [3.05, 3.63) is 24.5 Å². The Hall–Kier alpha value is -2.35. The number of oxime groups is 1. The molecule has 0 aromatic carbocycles. The second kappa shape index (κ2) is 11.2. The van der Waals surface area contributed by atoms with Crippen molar-refractivity contribution in [2.24, 2.45) is 11.0 Å². The molecule has 0 bridgehead atoms. The van der Waals surface area contributed by atoms with Crippen LogP contribution in [0.3, 0.4) is 0 Å². The van der Waals surface area contributed by atoms with E-state index in [9.17, 15) is 9.59 Å². The number of hydrogen-bond acceptors (Lipinski definition) is 6. The van der Waals surface area contributed by atoms with Crippen LogP contribution in [-0.2, 0) is 19.2 Å². The van der Waals surface area contributed by atoms with Gasteiger partial charge in [0.25, 0.3) is 11.8 Å². The fraction of sp³-hybridized carbons (Fsp3) is 0.533. The molecular formula is C15H26N4O4. The van der Waals surface area contributed by atoms with Crippen molar-refractivity contribution in [3.8, 4) is 0 Å². The molecule has 0 spiro atoms. The van der Waals surface area contributed by atoms with Gasteiger partial charge in [-0.25, -0.2) is 5.84 Å². The Bertz CT molecular complexity index is 472. The van der Waals surface area contributed by atoms with Crippen molar-refractivity contribution in [3.63, 3.8) is 0 Å². The van der Waals surface area contributed by atoms with Crippen LogP contribution in [0.15, 0.2) is 29.6 Å². The van der Waals surface area contributed by atoms with Gasteiger partial charge in [0.1, 0.15) is 25.0 Å². The molecule has 0 saturated carbocycles. The first-order chi connectivity index (χ1) is 10.9. The predicted octanol–water partition coefficient (Wildman–Crippen LogP) is 0.712. The molecule has 1 atom stereocenters. The van der Waals surface area contributed by atoms with Gasteiger partial charge in [0.2, 0.25) is 0 Å². The van der Waals surface area contributed by atoms with E-state index in [4.69, 9.17) is 15.4 Å². The molecule has 0 aromatic heterocycles. The van der Waals surface area contributed by atoms with Gasteiger partial charge in [-0.1, -0.05) is 24.7 Å². The number of ether oxygens (including phenoxy) is 1. The van der Waals surface area contributed by atoms with Gasteiger partial charge < -0.3 is 14.9 Å². The summed E-state index contributed by atoms with van der Waals surface area (Å²) in [4.78, 5) is 29.1. The Morgan fingerprint density at radius 2 is 2.09 bits per heavy atom. The molecule has 0 radical (unpaired) electrons. The van der Waals surface area contributed by atoms with E-state index in [0.717, 1.165) is 5.01 Å². The van der Waals surface area contributed by atoms with Crippen LogP contribution in [-0.4, -0.2) is 48.8 Å². The van der Waals surface area contributed by atoms with Gasteiger partial charge in [-0.15, -0.1) is 0 Å². The third-order valence-corrected chi connectivity index (χ3v) is 2.68. The first-order valence-electron chi connectivity index (χ1n) is 7.31. The number of hydrazine groups is 1. The number of nitrogens with zero attached hydrogens (tertiary/aromatic N) is 2. The standard InChI is InChI=1S/C15H26N4O4/c1-6-9-11(4)22-10-13(15(21)19(5)16)17-14(20)12(7-2)18-23-8-3/h6,9,13H,1,7-8,10,16H2,2-5H3,(H,17,20)/b11-9+,18-12+/t13-/m0/s1. The first-order valence-corrected chi connectivity index (χ1v) is 7.31. The zero-order valence-electron chi connectivity index (χ0n) is 14.2. The minimum atomic E-state index is -0.941. The van der Waals surface area contributed by atoms with Gasteiger partial charge >= 0.3 is 0 Å². The number of rotatable bonds is 10. The lowest BCUT2D eigenvalue weighted by atomic mass is 10.2. The Morgan fingerprint density at radius 3 is 2.57 bits per heavy atom. The van der Waals surface area contributed by atoms with E-state index in [1.54, 1.807) is 32.9 Å². The largest absolute Gasteiger partial charge is 0.496 e. The number of carbonyl (C=O) groups excluding carboxylic acids is 2. The summed E-state index contributed by atoms with van der Waals surface area (Å²) in [6, 6.07) is -0.941. The van der Waals surface area contributed by atoms with E-state index in [-0.39, 0.29) is 12.3 Å². The van der Waals surface area contributed by atoms with Crippen LogP contribution in [0.5, 0.6) is 0 Å². The third kappa shape index (κ3) is 8.01. The maximum absolute atomic E-state index is 12.2. The van der Waals surface area contributed by atoms with Crippen LogP contribution >= 0.6 is 0 Å². The van der Waals surface area contributed by atoms with Gasteiger partial charge in [0.15, 0.2) is 0 Å². The Labute approximate surface area is 136 Å².